The summed E-state index contributed by atoms with van der Waals surface area (Å²) in [5.74, 6) is 0. The van der Waals surface area contributed by atoms with E-state index in [-0.39, 0.29) is 0 Å². The minimum atomic E-state index is 0.965. The summed E-state index contributed by atoms with van der Waals surface area (Å²) in [5, 5.41) is 0. The molecule has 2 heteroatoms. The standard InChI is InChI=1S/C16H18BrN/c1-12-4-9-16(14(10-12)11-18(2)3)13-5-7-15(17)8-6-13/h4-10H,11H2,1-3H3. The van der Waals surface area contributed by atoms with Crippen molar-refractivity contribution in [2.24, 2.45) is 0 Å². The highest BCUT2D eigenvalue weighted by Crippen LogP contribution is 2.26. The third kappa shape index (κ3) is 3.21. The van der Waals surface area contributed by atoms with E-state index in [1.54, 1.807) is 0 Å². The number of rotatable bonds is 3. The molecule has 0 radical (unpaired) electrons. The highest BCUT2D eigenvalue weighted by molar-refractivity contribution is 9.10. The molecular weight excluding hydrogens is 286 g/mol. The molecule has 0 saturated carbocycles. The van der Waals surface area contributed by atoms with Gasteiger partial charge in [-0.2, -0.15) is 0 Å². The summed E-state index contributed by atoms with van der Waals surface area (Å²) in [7, 11) is 4.21. The summed E-state index contributed by atoms with van der Waals surface area (Å²) in [5.41, 5.74) is 5.28. The normalized spacial score (nSPS) is 10.9. The van der Waals surface area contributed by atoms with Crippen LogP contribution in [0.2, 0.25) is 0 Å². The fraction of sp³-hybridized carbons (Fsp3) is 0.250. The zero-order chi connectivity index (χ0) is 13.1. The summed E-state index contributed by atoms with van der Waals surface area (Å²) in [6.07, 6.45) is 0. The molecule has 18 heavy (non-hydrogen) atoms. The summed E-state index contributed by atoms with van der Waals surface area (Å²) >= 11 is 3.48. The molecule has 0 bridgehead atoms. The van der Waals surface area contributed by atoms with E-state index < -0.39 is 0 Å². The lowest BCUT2D eigenvalue weighted by Gasteiger charge is -2.15. The van der Waals surface area contributed by atoms with E-state index in [1.807, 2.05) is 0 Å². The zero-order valence-corrected chi connectivity index (χ0v) is 12.7. The highest BCUT2D eigenvalue weighted by atomic mass is 79.9. The van der Waals surface area contributed by atoms with Gasteiger partial charge in [-0.05, 0) is 49.8 Å². The Kier molecular flexibility index (Phi) is 4.20. The second-order valence-corrected chi connectivity index (χ2v) is 5.82. The summed E-state index contributed by atoms with van der Waals surface area (Å²) in [6, 6.07) is 15.2. The minimum Gasteiger partial charge on any atom is -0.305 e. The lowest BCUT2D eigenvalue weighted by molar-refractivity contribution is 0.403. The maximum absolute atomic E-state index is 3.48. The van der Waals surface area contributed by atoms with Crippen molar-refractivity contribution in [1.29, 1.82) is 0 Å². The van der Waals surface area contributed by atoms with Crippen molar-refractivity contribution in [3.05, 3.63) is 58.1 Å². The van der Waals surface area contributed by atoms with Gasteiger partial charge in [0.1, 0.15) is 0 Å². The predicted octanol–water partition coefficient (Wildman–Crippen LogP) is 4.49. The van der Waals surface area contributed by atoms with Crippen LogP contribution in [0.5, 0.6) is 0 Å². The number of hydrogen-bond acceptors (Lipinski definition) is 1. The van der Waals surface area contributed by atoms with Crippen molar-refractivity contribution in [1.82, 2.24) is 4.90 Å². The Morgan fingerprint density at radius 2 is 1.67 bits per heavy atom. The van der Waals surface area contributed by atoms with E-state index >= 15 is 0 Å². The molecule has 0 aliphatic rings. The average Bonchev–Trinajstić information content (AvgIpc) is 2.30. The van der Waals surface area contributed by atoms with Crippen molar-refractivity contribution < 1.29 is 0 Å². The fourth-order valence-electron chi connectivity index (χ4n) is 2.11. The van der Waals surface area contributed by atoms with Crippen LogP contribution >= 0.6 is 15.9 Å². The van der Waals surface area contributed by atoms with Gasteiger partial charge in [-0.25, -0.2) is 0 Å². The van der Waals surface area contributed by atoms with Crippen molar-refractivity contribution in [2.75, 3.05) is 14.1 Å². The Balaban J connectivity index is 2.45. The Bertz CT molecular complexity index is 529. The molecule has 1 nitrogen and oxygen atoms in total. The van der Waals surface area contributed by atoms with Crippen LogP contribution in [0.4, 0.5) is 0 Å². The molecule has 94 valence electrons. The first-order valence-corrected chi connectivity index (χ1v) is 6.86. The van der Waals surface area contributed by atoms with Crippen LogP contribution in [0.3, 0.4) is 0 Å². The molecule has 0 fully saturated rings. The van der Waals surface area contributed by atoms with E-state index in [2.05, 4.69) is 84.3 Å². The molecule has 0 amide bonds. The molecule has 0 saturated heterocycles. The van der Waals surface area contributed by atoms with Gasteiger partial charge in [0.2, 0.25) is 0 Å². The van der Waals surface area contributed by atoms with Gasteiger partial charge in [0.25, 0.3) is 0 Å². The third-order valence-corrected chi connectivity index (χ3v) is 3.43. The van der Waals surface area contributed by atoms with Crippen molar-refractivity contribution in [2.45, 2.75) is 13.5 Å². The van der Waals surface area contributed by atoms with Gasteiger partial charge in [0, 0.05) is 11.0 Å². The molecule has 2 rings (SSSR count). The second kappa shape index (κ2) is 5.68. The van der Waals surface area contributed by atoms with Crippen LogP contribution in [-0.4, -0.2) is 19.0 Å². The Hall–Kier alpha value is -1.12. The number of hydrogen-bond donors (Lipinski definition) is 0. The first-order valence-electron chi connectivity index (χ1n) is 6.06. The van der Waals surface area contributed by atoms with Crippen LogP contribution in [-0.2, 0) is 6.54 Å². The average molecular weight is 304 g/mol. The topological polar surface area (TPSA) is 3.24 Å². The van der Waals surface area contributed by atoms with Crippen LogP contribution in [0.25, 0.3) is 11.1 Å². The molecule has 2 aromatic rings. The maximum atomic E-state index is 3.48. The van der Waals surface area contributed by atoms with E-state index in [9.17, 15) is 0 Å². The molecule has 0 aliphatic heterocycles. The van der Waals surface area contributed by atoms with Gasteiger partial charge in [0.05, 0.1) is 0 Å². The lowest BCUT2D eigenvalue weighted by Crippen LogP contribution is -2.11. The molecule has 0 atom stereocenters. The van der Waals surface area contributed by atoms with Gasteiger partial charge in [-0.1, -0.05) is 51.8 Å². The lowest BCUT2D eigenvalue weighted by atomic mass is 9.97. The van der Waals surface area contributed by atoms with Crippen molar-refractivity contribution in [3.63, 3.8) is 0 Å². The van der Waals surface area contributed by atoms with E-state index in [4.69, 9.17) is 0 Å². The van der Waals surface area contributed by atoms with Crippen LogP contribution in [0.15, 0.2) is 46.9 Å². The summed E-state index contributed by atoms with van der Waals surface area (Å²) < 4.78 is 1.12. The number of aryl methyl sites for hydroxylation is 1. The number of nitrogens with zero attached hydrogens (tertiary/aromatic N) is 1. The number of halogens is 1. The minimum absolute atomic E-state index is 0.965. The molecule has 0 heterocycles. The van der Waals surface area contributed by atoms with Gasteiger partial charge < -0.3 is 4.90 Å². The molecule has 0 spiro atoms. The largest absolute Gasteiger partial charge is 0.305 e. The van der Waals surface area contributed by atoms with Gasteiger partial charge in [-0.15, -0.1) is 0 Å². The Labute approximate surface area is 118 Å². The third-order valence-electron chi connectivity index (χ3n) is 2.90. The predicted molar refractivity (Wildman–Crippen MR) is 81.7 cm³/mol. The maximum Gasteiger partial charge on any atom is 0.0233 e. The first kappa shape index (κ1) is 13.3. The highest BCUT2D eigenvalue weighted by Gasteiger charge is 2.06. The summed E-state index contributed by atoms with van der Waals surface area (Å²) in [4.78, 5) is 2.21. The summed E-state index contributed by atoms with van der Waals surface area (Å²) in [6.45, 7) is 3.11. The van der Waals surface area contributed by atoms with Crippen molar-refractivity contribution >= 4 is 15.9 Å². The van der Waals surface area contributed by atoms with E-state index in [0.29, 0.717) is 0 Å². The van der Waals surface area contributed by atoms with Gasteiger partial charge in [0.15, 0.2) is 0 Å². The monoisotopic (exact) mass is 303 g/mol. The van der Waals surface area contributed by atoms with Crippen LogP contribution in [0.1, 0.15) is 11.1 Å². The fourth-order valence-corrected chi connectivity index (χ4v) is 2.37. The smallest absolute Gasteiger partial charge is 0.0233 e. The molecule has 0 N–H and O–H groups in total. The first-order chi connectivity index (χ1) is 8.56. The zero-order valence-electron chi connectivity index (χ0n) is 11.1. The molecule has 0 unspecified atom stereocenters. The SMILES string of the molecule is Cc1ccc(-c2ccc(Br)cc2)c(CN(C)C)c1. The molecular formula is C16H18BrN. The van der Waals surface area contributed by atoms with E-state index in [0.717, 1.165) is 11.0 Å². The van der Waals surface area contributed by atoms with Crippen LogP contribution < -0.4 is 0 Å². The number of benzene rings is 2. The van der Waals surface area contributed by atoms with Crippen LogP contribution in [0, 0.1) is 6.92 Å². The Morgan fingerprint density at radius 3 is 2.28 bits per heavy atom. The molecule has 0 aromatic heterocycles. The Morgan fingerprint density at radius 1 is 1.00 bits per heavy atom. The van der Waals surface area contributed by atoms with E-state index in [1.165, 1.54) is 22.3 Å². The quantitative estimate of drug-likeness (QED) is 0.808. The molecule has 0 aliphatic carbocycles. The van der Waals surface area contributed by atoms with Gasteiger partial charge >= 0.3 is 0 Å². The second-order valence-electron chi connectivity index (χ2n) is 4.91. The van der Waals surface area contributed by atoms with Gasteiger partial charge in [-0.3, -0.25) is 0 Å². The van der Waals surface area contributed by atoms with Crippen molar-refractivity contribution in [3.8, 4) is 11.1 Å². The molecule has 2 aromatic carbocycles.